The third-order valence-corrected chi connectivity index (χ3v) is 3.77. The second-order valence-corrected chi connectivity index (χ2v) is 5.84. The van der Waals surface area contributed by atoms with E-state index in [4.69, 9.17) is 14.2 Å². The van der Waals surface area contributed by atoms with Crippen molar-refractivity contribution in [1.29, 1.82) is 0 Å². The summed E-state index contributed by atoms with van der Waals surface area (Å²) in [7, 11) is 1.64. The molecule has 0 atom stereocenters. The first kappa shape index (κ1) is 21.1. The van der Waals surface area contributed by atoms with Gasteiger partial charge in [0.2, 0.25) is 0 Å². The van der Waals surface area contributed by atoms with Gasteiger partial charge in [0.1, 0.15) is 29.6 Å². The molecule has 0 saturated heterocycles. The predicted molar refractivity (Wildman–Crippen MR) is 101 cm³/mol. The molecule has 1 heterocycles. The van der Waals surface area contributed by atoms with Crippen LogP contribution in [-0.2, 0) is 20.9 Å². The van der Waals surface area contributed by atoms with E-state index in [1.165, 1.54) is 30.5 Å². The standard InChI is InChI=1S/C20H23FN2O5/c1-3-4-11-26-20(25)18-14(9-10-23-19(18)22-2)12-28-17(24)13-27-16-7-5-15(21)6-8-16/h5-10H,3-4,11-13H2,1-2H3,(H,22,23). The van der Waals surface area contributed by atoms with Crippen LogP contribution >= 0.6 is 0 Å². The van der Waals surface area contributed by atoms with Crippen LogP contribution in [0.4, 0.5) is 10.2 Å². The van der Waals surface area contributed by atoms with Gasteiger partial charge in [0.05, 0.1) is 6.61 Å². The second kappa shape index (κ2) is 10.9. The van der Waals surface area contributed by atoms with Crippen LogP contribution in [0.2, 0.25) is 0 Å². The van der Waals surface area contributed by atoms with Crippen molar-refractivity contribution in [3.63, 3.8) is 0 Å². The SMILES string of the molecule is CCCCOC(=O)c1c(COC(=O)COc2ccc(F)cc2)ccnc1NC. The third-order valence-electron chi connectivity index (χ3n) is 3.77. The molecule has 1 aromatic heterocycles. The van der Waals surface area contributed by atoms with Crippen molar-refractivity contribution in [2.75, 3.05) is 25.6 Å². The summed E-state index contributed by atoms with van der Waals surface area (Å²) in [6, 6.07) is 6.87. The number of halogens is 1. The zero-order valence-electron chi connectivity index (χ0n) is 15.9. The summed E-state index contributed by atoms with van der Waals surface area (Å²) in [6.45, 7) is 1.82. The number of nitrogens with one attached hydrogen (secondary N) is 1. The van der Waals surface area contributed by atoms with Crippen molar-refractivity contribution in [3.05, 3.63) is 53.5 Å². The minimum Gasteiger partial charge on any atom is -0.482 e. The number of unbranched alkanes of at least 4 members (excludes halogenated alkanes) is 1. The first-order valence-corrected chi connectivity index (χ1v) is 8.92. The zero-order valence-corrected chi connectivity index (χ0v) is 15.9. The van der Waals surface area contributed by atoms with Crippen molar-refractivity contribution in [2.45, 2.75) is 26.4 Å². The Kier molecular flexibility index (Phi) is 8.20. The molecule has 1 N–H and O–H groups in total. The lowest BCUT2D eigenvalue weighted by molar-refractivity contribution is -0.147. The number of pyridine rings is 1. The van der Waals surface area contributed by atoms with Crippen LogP contribution < -0.4 is 10.1 Å². The van der Waals surface area contributed by atoms with Crippen molar-refractivity contribution < 1.29 is 28.2 Å². The molecule has 150 valence electrons. The number of carbonyl (C=O) groups is 2. The summed E-state index contributed by atoms with van der Waals surface area (Å²) in [6.07, 6.45) is 3.16. The molecular formula is C20H23FN2O5. The summed E-state index contributed by atoms with van der Waals surface area (Å²) >= 11 is 0. The number of benzene rings is 1. The average molecular weight is 390 g/mol. The van der Waals surface area contributed by atoms with E-state index in [0.717, 1.165) is 12.8 Å². The maximum Gasteiger partial charge on any atom is 0.344 e. The van der Waals surface area contributed by atoms with E-state index in [9.17, 15) is 14.0 Å². The summed E-state index contributed by atoms with van der Waals surface area (Å²) in [5.74, 6) is -0.860. The van der Waals surface area contributed by atoms with Crippen LogP contribution in [0.3, 0.4) is 0 Å². The molecular weight excluding hydrogens is 367 g/mol. The Morgan fingerprint density at radius 3 is 2.57 bits per heavy atom. The van der Waals surface area contributed by atoms with Gasteiger partial charge < -0.3 is 19.5 Å². The molecule has 0 aliphatic rings. The number of ether oxygens (including phenoxy) is 3. The van der Waals surface area contributed by atoms with Gasteiger partial charge in [-0.3, -0.25) is 0 Å². The van der Waals surface area contributed by atoms with Gasteiger partial charge >= 0.3 is 11.9 Å². The Bertz CT molecular complexity index is 796. The minimum atomic E-state index is -0.627. The van der Waals surface area contributed by atoms with Crippen LogP contribution in [0.25, 0.3) is 0 Å². The van der Waals surface area contributed by atoms with Gasteiger partial charge in [0.25, 0.3) is 0 Å². The molecule has 0 saturated carbocycles. The van der Waals surface area contributed by atoms with Gasteiger partial charge in [-0.15, -0.1) is 0 Å². The van der Waals surface area contributed by atoms with Crippen LogP contribution in [-0.4, -0.2) is 37.2 Å². The summed E-state index contributed by atoms with van der Waals surface area (Å²) in [5.41, 5.74) is 0.698. The van der Waals surface area contributed by atoms with E-state index in [0.29, 0.717) is 23.7 Å². The number of nitrogens with zero attached hydrogens (tertiary/aromatic N) is 1. The highest BCUT2D eigenvalue weighted by Crippen LogP contribution is 2.20. The van der Waals surface area contributed by atoms with Crippen molar-refractivity contribution >= 4 is 17.8 Å². The normalized spacial score (nSPS) is 10.2. The molecule has 7 nitrogen and oxygen atoms in total. The molecule has 0 amide bonds. The highest BCUT2D eigenvalue weighted by molar-refractivity contribution is 5.96. The van der Waals surface area contributed by atoms with E-state index in [1.54, 1.807) is 13.1 Å². The minimum absolute atomic E-state index is 0.138. The smallest absolute Gasteiger partial charge is 0.344 e. The molecule has 0 aliphatic heterocycles. The quantitative estimate of drug-likeness (QED) is 0.492. The number of rotatable bonds is 10. The summed E-state index contributed by atoms with van der Waals surface area (Å²) in [5, 5.41) is 2.84. The zero-order chi connectivity index (χ0) is 20.4. The Morgan fingerprint density at radius 2 is 1.89 bits per heavy atom. The third kappa shape index (κ3) is 6.22. The van der Waals surface area contributed by atoms with E-state index in [-0.39, 0.29) is 18.8 Å². The highest BCUT2D eigenvalue weighted by atomic mass is 19.1. The van der Waals surface area contributed by atoms with Gasteiger partial charge in [-0.25, -0.2) is 19.0 Å². The fraction of sp³-hybridized carbons (Fsp3) is 0.350. The first-order chi connectivity index (χ1) is 13.5. The molecule has 0 aliphatic carbocycles. The van der Waals surface area contributed by atoms with Gasteiger partial charge in [0.15, 0.2) is 6.61 Å². The number of hydrogen-bond donors (Lipinski definition) is 1. The molecule has 0 spiro atoms. The second-order valence-electron chi connectivity index (χ2n) is 5.84. The number of hydrogen-bond acceptors (Lipinski definition) is 7. The first-order valence-electron chi connectivity index (χ1n) is 8.92. The van der Waals surface area contributed by atoms with Crippen molar-refractivity contribution in [1.82, 2.24) is 4.98 Å². The van der Waals surface area contributed by atoms with Crippen molar-refractivity contribution in [2.24, 2.45) is 0 Å². The molecule has 1 aromatic carbocycles. The van der Waals surface area contributed by atoms with Gasteiger partial charge in [-0.2, -0.15) is 0 Å². The summed E-state index contributed by atoms with van der Waals surface area (Å²) in [4.78, 5) is 28.4. The monoisotopic (exact) mass is 390 g/mol. The Morgan fingerprint density at radius 1 is 1.14 bits per heavy atom. The van der Waals surface area contributed by atoms with Crippen molar-refractivity contribution in [3.8, 4) is 5.75 Å². The molecule has 2 aromatic rings. The molecule has 28 heavy (non-hydrogen) atoms. The maximum absolute atomic E-state index is 12.9. The van der Waals surface area contributed by atoms with Gasteiger partial charge in [0, 0.05) is 18.8 Å². The van der Waals surface area contributed by atoms with Gasteiger partial charge in [-0.05, 0) is 36.8 Å². The Hall–Kier alpha value is -3.16. The molecule has 0 fully saturated rings. The maximum atomic E-state index is 12.9. The Labute approximate surface area is 162 Å². The lowest BCUT2D eigenvalue weighted by Crippen LogP contribution is -2.17. The van der Waals surface area contributed by atoms with Gasteiger partial charge in [-0.1, -0.05) is 13.3 Å². The largest absolute Gasteiger partial charge is 0.482 e. The molecule has 0 unspecified atom stereocenters. The molecule has 0 radical (unpaired) electrons. The van der Waals surface area contributed by atoms with E-state index in [1.807, 2.05) is 6.92 Å². The van der Waals surface area contributed by atoms with Crippen LogP contribution in [0.5, 0.6) is 5.75 Å². The van der Waals surface area contributed by atoms with Crippen LogP contribution in [0.1, 0.15) is 35.7 Å². The highest BCUT2D eigenvalue weighted by Gasteiger charge is 2.19. The van der Waals surface area contributed by atoms with E-state index < -0.39 is 17.8 Å². The number of anilines is 1. The van der Waals surface area contributed by atoms with Crippen LogP contribution in [0.15, 0.2) is 36.5 Å². The molecule has 0 bridgehead atoms. The summed E-state index contributed by atoms with van der Waals surface area (Å²) < 4.78 is 28.6. The Balaban J connectivity index is 1.97. The predicted octanol–water partition coefficient (Wildman–Crippen LogP) is 3.34. The fourth-order valence-electron chi connectivity index (χ4n) is 2.29. The number of aromatic nitrogens is 1. The van der Waals surface area contributed by atoms with E-state index >= 15 is 0 Å². The van der Waals surface area contributed by atoms with Crippen LogP contribution in [0, 0.1) is 5.82 Å². The average Bonchev–Trinajstić information content (AvgIpc) is 2.71. The topological polar surface area (TPSA) is 86.8 Å². The lowest BCUT2D eigenvalue weighted by atomic mass is 10.1. The fourth-order valence-corrected chi connectivity index (χ4v) is 2.29. The number of carbonyl (C=O) groups excluding carboxylic acids is 2. The number of esters is 2. The van der Waals surface area contributed by atoms with E-state index in [2.05, 4.69) is 10.3 Å². The lowest BCUT2D eigenvalue weighted by Gasteiger charge is -2.13. The molecule has 2 rings (SSSR count). The molecule has 8 heteroatoms.